The van der Waals surface area contributed by atoms with Gasteiger partial charge in [-0.2, -0.15) is 4.98 Å². The first-order valence-electron chi connectivity index (χ1n) is 6.91. The molecule has 1 amide bonds. The molecule has 104 valence electrons. The molecule has 1 aliphatic carbocycles. The van der Waals surface area contributed by atoms with Crippen molar-refractivity contribution < 1.29 is 9.32 Å². The molecule has 1 unspecified atom stereocenters. The second-order valence-electron chi connectivity index (χ2n) is 5.48. The van der Waals surface area contributed by atoms with Crippen molar-refractivity contribution in [1.29, 1.82) is 0 Å². The number of amides is 1. The third-order valence-corrected chi connectivity index (χ3v) is 4.08. The maximum absolute atomic E-state index is 11.8. The topological polar surface area (TPSA) is 59.2 Å². The van der Waals surface area contributed by atoms with Crippen molar-refractivity contribution >= 4 is 17.5 Å². The van der Waals surface area contributed by atoms with E-state index in [1.165, 1.54) is 12.8 Å². The number of likely N-dealkylation sites (tertiary alicyclic amines) is 1. The lowest BCUT2D eigenvalue weighted by Crippen LogP contribution is -2.41. The number of alkyl halides is 1. The van der Waals surface area contributed by atoms with E-state index in [0.29, 0.717) is 11.8 Å². The molecular weight excluding hydrogens is 266 g/mol. The van der Waals surface area contributed by atoms with Gasteiger partial charge in [0.15, 0.2) is 5.82 Å². The molecule has 2 fully saturated rings. The van der Waals surface area contributed by atoms with Gasteiger partial charge in [0.25, 0.3) is 0 Å². The number of carbonyl (C=O) groups is 1. The predicted octanol–water partition coefficient (Wildman–Crippen LogP) is 2.28. The van der Waals surface area contributed by atoms with Gasteiger partial charge < -0.3 is 9.42 Å². The van der Waals surface area contributed by atoms with Crippen LogP contribution in [0.15, 0.2) is 4.52 Å². The Morgan fingerprint density at radius 1 is 1.32 bits per heavy atom. The highest BCUT2D eigenvalue weighted by Crippen LogP contribution is 2.39. The predicted molar refractivity (Wildman–Crippen MR) is 70.1 cm³/mol. The monoisotopic (exact) mass is 283 g/mol. The smallest absolute Gasteiger partial charge is 0.240 e. The van der Waals surface area contributed by atoms with Gasteiger partial charge in [0.05, 0.1) is 0 Å². The lowest BCUT2D eigenvalue weighted by molar-refractivity contribution is -0.131. The summed E-state index contributed by atoms with van der Waals surface area (Å²) in [7, 11) is 0. The summed E-state index contributed by atoms with van der Waals surface area (Å²) in [5, 5.41) is 3.65. The number of hydrogen-bond donors (Lipinski definition) is 0. The molecule has 0 N–H and O–H groups in total. The highest BCUT2D eigenvalue weighted by atomic mass is 35.5. The second kappa shape index (κ2) is 5.12. The van der Waals surface area contributed by atoms with Crippen LogP contribution in [0.5, 0.6) is 0 Å². The fourth-order valence-electron chi connectivity index (χ4n) is 2.52. The van der Waals surface area contributed by atoms with Crippen molar-refractivity contribution in [2.24, 2.45) is 0 Å². The largest absolute Gasteiger partial charge is 0.341 e. The Morgan fingerprint density at radius 3 is 2.58 bits per heavy atom. The Labute approximate surface area is 117 Å². The lowest BCUT2D eigenvalue weighted by atomic mass is 9.96. The molecular formula is C13H18ClN3O2. The van der Waals surface area contributed by atoms with E-state index in [4.69, 9.17) is 16.1 Å². The van der Waals surface area contributed by atoms with Gasteiger partial charge in [-0.25, -0.2) is 0 Å². The minimum Gasteiger partial charge on any atom is -0.341 e. The zero-order valence-electron chi connectivity index (χ0n) is 11.0. The minimum atomic E-state index is -0.441. The molecule has 1 saturated carbocycles. The van der Waals surface area contributed by atoms with Gasteiger partial charge in [0.2, 0.25) is 11.8 Å². The molecule has 1 saturated heterocycles. The molecule has 0 aromatic carbocycles. The summed E-state index contributed by atoms with van der Waals surface area (Å²) in [6.07, 6.45) is 4.11. The molecule has 0 spiro atoms. The van der Waals surface area contributed by atoms with Crippen molar-refractivity contribution in [3.05, 3.63) is 11.7 Å². The van der Waals surface area contributed by atoms with Crippen LogP contribution in [0, 0.1) is 0 Å². The Morgan fingerprint density at radius 2 is 2.00 bits per heavy atom. The number of rotatable bonds is 3. The molecule has 0 bridgehead atoms. The molecule has 2 heterocycles. The summed E-state index contributed by atoms with van der Waals surface area (Å²) >= 11 is 5.83. The van der Waals surface area contributed by atoms with Crippen LogP contribution in [0.4, 0.5) is 0 Å². The summed E-state index contributed by atoms with van der Waals surface area (Å²) in [5.74, 6) is 2.44. The molecule has 1 atom stereocenters. The van der Waals surface area contributed by atoms with Crippen LogP contribution in [0.3, 0.4) is 0 Å². The normalized spacial score (nSPS) is 22.5. The first kappa shape index (κ1) is 12.9. The Balaban J connectivity index is 1.58. The van der Waals surface area contributed by atoms with Gasteiger partial charge in [-0.1, -0.05) is 5.16 Å². The lowest BCUT2D eigenvalue weighted by Gasteiger charge is -2.31. The van der Waals surface area contributed by atoms with Crippen LogP contribution in [0.25, 0.3) is 0 Å². The van der Waals surface area contributed by atoms with Crippen molar-refractivity contribution in [2.45, 2.75) is 49.8 Å². The highest BCUT2D eigenvalue weighted by molar-refractivity contribution is 6.30. The van der Waals surface area contributed by atoms with Crippen molar-refractivity contribution in [2.75, 3.05) is 13.1 Å². The third kappa shape index (κ3) is 2.76. The zero-order valence-corrected chi connectivity index (χ0v) is 11.8. The van der Waals surface area contributed by atoms with Crippen molar-refractivity contribution in [3.8, 4) is 0 Å². The van der Waals surface area contributed by atoms with Crippen molar-refractivity contribution in [3.63, 3.8) is 0 Å². The summed E-state index contributed by atoms with van der Waals surface area (Å²) < 4.78 is 5.29. The van der Waals surface area contributed by atoms with E-state index in [1.807, 2.05) is 4.90 Å². The van der Waals surface area contributed by atoms with E-state index in [-0.39, 0.29) is 5.91 Å². The fourth-order valence-corrected chi connectivity index (χ4v) is 2.66. The summed E-state index contributed by atoms with van der Waals surface area (Å²) in [6, 6.07) is 0. The van der Waals surface area contributed by atoms with Crippen LogP contribution in [-0.2, 0) is 4.79 Å². The number of hydrogen-bond acceptors (Lipinski definition) is 4. The van der Waals surface area contributed by atoms with E-state index in [9.17, 15) is 4.79 Å². The number of halogens is 1. The quantitative estimate of drug-likeness (QED) is 0.799. The summed E-state index contributed by atoms with van der Waals surface area (Å²) in [5.41, 5.74) is 0. The van der Waals surface area contributed by atoms with E-state index in [0.717, 1.165) is 37.6 Å². The van der Waals surface area contributed by atoms with Gasteiger partial charge in [0, 0.05) is 24.9 Å². The van der Waals surface area contributed by atoms with Gasteiger partial charge in [-0.05, 0) is 32.6 Å². The first-order chi connectivity index (χ1) is 9.15. The number of aromatic nitrogens is 2. The summed E-state index contributed by atoms with van der Waals surface area (Å²) in [4.78, 5) is 18.1. The van der Waals surface area contributed by atoms with E-state index < -0.39 is 5.38 Å². The number of carbonyl (C=O) groups excluding carboxylic acids is 1. The van der Waals surface area contributed by atoms with Crippen molar-refractivity contribution in [1.82, 2.24) is 15.0 Å². The van der Waals surface area contributed by atoms with Crippen LogP contribution < -0.4 is 0 Å². The summed E-state index contributed by atoms with van der Waals surface area (Å²) in [6.45, 7) is 3.18. The van der Waals surface area contributed by atoms with E-state index >= 15 is 0 Å². The highest BCUT2D eigenvalue weighted by Gasteiger charge is 2.32. The standard InChI is InChI=1S/C13H18ClN3O2/c1-8(14)13(18)17-6-4-9(5-7-17)11-15-12(19-16-11)10-2-3-10/h8-10H,2-7H2,1H3. The first-order valence-corrected chi connectivity index (χ1v) is 7.35. The van der Waals surface area contributed by atoms with Crippen LogP contribution >= 0.6 is 11.6 Å². The molecule has 6 heteroatoms. The number of nitrogens with zero attached hydrogens (tertiary/aromatic N) is 3. The molecule has 1 aromatic heterocycles. The van der Waals surface area contributed by atoms with Gasteiger partial charge in [-0.15, -0.1) is 11.6 Å². The van der Waals surface area contributed by atoms with Crippen LogP contribution in [0.1, 0.15) is 56.2 Å². The zero-order chi connectivity index (χ0) is 13.4. The van der Waals surface area contributed by atoms with E-state index in [1.54, 1.807) is 6.92 Å². The molecule has 3 rings (SSSR count). The second-order valence-corrected chi connectivity index (χ2v) is 6.14. The van der Waals surface area contributed by atoms with E-state index in [2.05, 4.69) is 10.1 Å². The molecule has 19 heavy (non-hydrogen) atoms. The van der Waals surface area contributed by atoms with Crippen LogP contribution in [0.2, 0.25) is 0 Å². The average Bonchev–Trinajstić information content (AvgIpc) is 3.16. The van der Waals surface area contributed by atoms with Gasteiger partial charge in [-0.3, -0.25) is 4.79 Å². The molecule has 2 aliphatic rings. The molecule has 1 aliphatic heterocycles. The van der Waals surface area contributed by atoms with Crippen LogP contribution in [-0.4, -0.2) is 39.4 Å². The molecule has 0 radical (unpaired) electrons. The minimum absolute atomic E-state index is 0.0203. The maximum atomic E-state index is 11.8. The Kier molecular flexibility index (Phi) is 3.48. The van der Waals surface area contributed by atoms with Gasteiger partial charge >= 0.3 is 0 Å². The molecule has 1 aromatic rings. The average molecular weight is 284 g/mol. The SMILES string of the molecule is CC(Cl)C(=O)N1CCC(c2noc(C3CC3)n2)CC1. The third-order valence-electron chi connectivity index (χ3n) is 3.90. The fraction of sp³-hybridized carbons (Fsp3) is 0.769. The Bertz CT molecular complexity index is 462. The number of piperidine rings is 1. The maximum Gasteiger partial charge on any atom is 0.240 e. The van der Waals surface area contributed by atoms with Gasteiger partial charge in [0.1, 0.15) is 5.38 Å². The molecule has 5 nitrogen and oxygen atoms in total. The Hall–Kier alpha value is -1.10.